The third-order valence-electron chi connectivity index (χ3n) is 4.20. The van der Waals surface area contributed by atoms with Gasteiger partial charge in [0.15, 0.2) is 6.42 Å². The van der Waals surface area contributed by atoms with Gasteiger partial charge in [0.1, 0.15) is 48.0 Å². The molecular formula is C9H8F3N6O13. The van der Waals surface area contributed by atoms with Gasteiger partial charge in [0, 0.05) is 5.92 Å². The number of alkyl halides is 3. The Morgan fingerprint density at radius 1 is 0.677 bits per heavy atom. The van der Waals surface area contributed by atoms with Gasteiger partial charge < -0.3 is 4.74 Å². The van der Waals surface area contributed by atoms with Gasteiger partial charge in [-0.05, 0) is 0 Å². The largest absolute Gasteiger partial charge is 0.616 e. The summed E-state index contributed by atoms with van der Waals surface area (Å²) < 4.78 is 47.2. The summed E-state index contributed by atoms with van der Waals surface area (Å²) in [6, 6.07) is 0. The Labute approximate surface area is 164 Å². The molecule has 31 heavy (non-hydrogen) atoms. The van der Waals surface area contributed by atoms with Crippen LogP contribution in [0.4, 0.5) is 13.2 Å². The smallest absolute Gasteiger partial charge is 0.368 e. The van der Waals surface area contributed by atoms with Gasteiger partial charge in [-0.2, -0.15) is 0 Å². The van der Waals surface area contributed by atoms with E-state index in [4.69, 9.17) is 0 Å². The lowest BCUT2D eigenvalue weighted by Crippen LogP contribution is -2.52. The third kappa shape index (κ3) is 4.36. The average molecular weight is 465 g/mol. The van der Waals surface area contributed by atoms with Crippen molar-refractivity contribution in [2.75, 3.05) is 6.61 Å². The van der Waals surface area contributed by atoms with Crippen LogP contribution in [0.2, 0.25) is 0 Å². The van der Waals surface area contributed by atoms with Crippen LogP contribution < -0.4 is 0 Å². The van der Waals surface area contributed by atoms with Gasteiger partial charge in [0.05, 0.1) is 6.61 Å². The van der Waals surface area contributed by atoms with Crippen LogP contribution in [0.3, 0.4) is 0 Å². The van der Waals surface area contributed by atoms with E-state index in [1.54, 1.807) is 0 Å². The van der Waals surface area contributed by atoms with Crippen molar-refractivity contribution in [1.82, 2.24) is 0 Å². The first kappa shape index (κ1) is 25.2. The van der Waals surface area contributed by atoms with Crippen LogP contribution in [-0.4, -0.2) is 59.5 Å². The Kier molecular flexibility index (Phi) is 6.31. The fourth-order valence-corrected chi connectivity index (χ4v) is 2.40. The standard InChI is InChI=1S/C9H8F3N6O13/c10-7(13(19)20,14(21)22)1-5(2-8(11,15(23)24)16(25)26)6(4-31-6)3-9(12,17(27)28)18(29)30/h1-4H2. The second-order valence-electron chi connectivity index (χ2n) is 6.12. The highest BCUT2D eigenvalue weighted by atomic mass is 19.2. The number of ether oxygens (including phenoxy) is 1. The maximum absolute atomic E-state index is 14.3. The summed E-state index contributed by atoms with van der Waals surface area (Å²) in [4.78, 5) is 51.3. The zero-order valence-corrected chi connectivity index (χ0v) is 14.5. The topological polar surface area (TPSA) is 271 Å². The third-order valence-corrected chi connectivity index (χ3v) is 4.20. The van der Waals surface area contributed by atoms with E-state index < -0.39 is 84.7 Å². The second-order valence-corrected chi connectivity index (χ2v) is 6.12. The molecule has 0 spiro atoms. The molecule has 0 aliphatic carbocycles. The molecule has 1 aliphatic heterocycles. The number of hydrogen-bond donors (Lipinski definition) is 0. The quantitative estimate of drug-likeness (QED) is 0.114. The molecule has 1 unspecified atom stereocenters. The first-order chi connectivity index (χ1) is 13.9. The zero-order valence-electron chi connectivity index (χ0n) is 14.5. The minimum absolute atomic E-state index is 1.15. The maximum atomic E-state index is 14.3. The Morgan fingerprint density at radius 3 is 1.13 bits per heavy atom. The summed E-state index contributed by atoms with van der Waals surface area (Å²) in [5.41, 5.74) is -2.97. The van der Waals surface area contributed by atoms with Gasteiger partial charge in [-0.1, -0.05) is 13.2 Å². The van der Waals surface area contributed by atoms with E-state index in [-0.39, 0.29) is 0 Å². The van der Waals surface area contributed by atoms with Gasteiger partial charge in [-0.15, -0.1) is 0 Å². The van der Waals surface area contributed by atoms with Gasteiger partial charge in [0.25, 0.3) is 0 Å². The van der Waals surface area contributed by atoms with Crippen molar-refractivity contribution >= 4 is 0 Å². The molecule has 1 radical (unpaired) electrons. The molecule has 1 rings (SSSR count). The van der Waals surface area contributed by atoms with Crippen molar-refractivity contribution in [3.63, 3.8) is 0 Å². The molecule has 1 saturated heterocycles. The number of rotatable bonds is 13. The molecular weight excluding hydrogens is 457 g/mol. The molecule has 22 heteroatoms. The van der Waals surface area contributed by atoms with Crippen LogP contribution in [0.25, 0.3) is 0 Å². The van der Waals surface area contributed by atoms with Crippen molar-refractivity contribution in [3.05, 3.63) is 66.6 Å². The van der Waals surface area contributed by atoms with Crippen molar-refractivity contribution in [1.29, 1.82) is 0 Å². The van der Waals surface area contributed by atoms with E-state index in [9.17, 15) is 73.9 Å². The Morgan fingerprint density at radius 2 is 0.935 bits per heavy atom. The van der Waals surface area contributed by atoms with Crippen molar-refractivity contribution in [3.8, 4) is 0 Å². The molecule has 1 fully saturated rings. The van der Waals surface area contributed by atoms with Gasteiger partial charge >= 0.3 is 17.7 Å². The lowest BCUT2D eigenvalue weighted by atomic mass is 9.81. The SMILES string of the molecule is O=[N+]([O-])C(F)(C[C](CC(F)([N+](=O)[O-])[N+](=O)[O-])C1(CC(F)([N+](=O)[O-])[N+](=O)[O-])CO1)[N+](=O)[O-]. The predicted octanol–water partition coefficient (Wildman–Crippen LogP) is 0.0303. The number of epoxide rings is 1. The normalized spacial score (nSPS) is 19.0. The van der Waals surface area contributed by atoms with Crippen molar-refractivity contribution in [2.24, 2.45) is 0 Å². The van der Waals surface area contributed by atoms with Gasteiger partial charge in [-0.25, -0.2) is 0 Å². The molecule has 173 valence electrons. The van der Waals surface area contributed by atoms with Crippen molar-refractivity contribution in [2.45, 2.75) is 42.6 Å². The first-order valence-corrected chi connectivity index (χ1v) is 7.32. The van der Waals surface area contributed by atoms with Crippen LogP contribution in [0, 0.1) is 66.6 Å². The molecule has 0 aromatic heterocycles. The number of nitro groups is 6. The summed E-state index contributed by atoms with van der Waals surface area (Å²) >= 11 is 0. The number of hydrogen-bond acceptors (Lipinski definition) is 13. The van der Waals surface area contributed by atoms with Crippen LogP contribution in [0.15, 0.2) is 0 Å². The van der Waals surface area contributed by atoms with Gasteiger partial charge in [-0.3, -0.25) is 60.7 Å². The highest BCUT2D eigenvalue weighted by Crippen LogP contribution is 2.51. The van der Waals surface area contributed by atoms with E-state index in [0.29, 0.717) is 0 Å². The molecule has 19 nitrogen and oxygen atoms in total. The summed E-state index contributed by atoms with van der Waals surface area (Å²) in [7, 11) is 0. The molecule has 0 bridgehead atoms. The summed E-state index contributed by atoms with van der Waals surface area (Å²) in [6.07, 6.45) is -6.77. The molecule has 0 aromatic rings. The van der Waals surface area contributed by atoms with Crippen molar-refractivity contribution < 1.29 is 47.4 Å². The molecule has 1 heterocycles. The lowest BCUT2D eigenvalue weighted by Gasteiger charge is -2.24. The van der Waals surface area contributed by atoms with E-state index >= 15 is 0 Å². The average Bonchev–Trinajstić information content (AvgIpc) is 3.40. The zero-order chi connectivity index (χ0) is 24.6. The first-order valence-electron chi connectivity index (χ1n) is 7.32. The number of halogens is 3. The van der Waals surface area contributed by atoms with Crippen LogP contribution in [-0.2, 0) is 4.74 Å². The monoisotopic (exact) mass is 465 g/mol. The second kappa shape index (κ2) is 7.77. The number of nitrogens with zero attached hydrogens (tertiary/aromatic N) is 6. The van der Waals surface area contributed by atoms with E-state index in [1.165, 1.54) is 0 Å². The van der Waals surface area contributed by atoms with Crippen LogP contribution in [0.5, 0.6) is 0 Å². The highest BCUT2D eigenvalue weighted by molar-refractivity contribution is 5.19. The fourth-order valence-electron chi connectivity index (χ4n) is 2.40. The van der Waals surface area contributed by atoms with Crippen LogP contribution >= 0.6 is 0 Å². The minimum atomic E-state index is -4.83. The van der Waals surface area contributed by atoms with E-state index in [1.807, 2.05) is 0 Å². The van der Waals surface area contributed by atoms with Crippen LogP contribution in [0.1, 0.15) is 19.3 Å². The summed E-state index contributed by atoms with van der Waals surface area (Å²) in [6.45, 7) is -1.15. The molecule has 0 aromatic carbocycles. The Hall–Kier alpha value is -3.85. The van der Waals surface area contributed by atoms with Gasteiger partial charge in [0.2, 0.25) is 0 Å². The lowest BCUT2D eigenvalue weighted by molar-refractivity contribution is -0.838. The van der Waals surface area contributed by atoms with E-state index in [0.717, 1.165) is 0 Å². The van der Waals surface area contributed by atoms with E-state index in [2.05, 4.69) is 4.74 Å². The molecule has 0 saturated carbocycles. The summed E-state index contributed by atoms with van der Waals surface area (Å²) in [5, 5.41) is 64.5. The maximum Gasteiger partial charge on any atom is 0.616 e. The Bertz CT molecular complexity index is 767. The molecule has 0 N–H and O–H groups in total. The minimum Gasteiger partial charge on any atom is -0.368 e. The summed E-state index contributed by atoms with van der Waals surface area (Å²) in [5.74, 6) is -16.0. The highest BCUT2D eigenvalue weighted by Gasteiger charge is 2.75. The fraction of sp³-hybridized carbons (Fsp3) is 0.889. The molecule has 0 amide bonds. The Balaban J connectivity index is 3.56. The predicted molar refractivity (Wildman–Crippen MR) is 79.3 cm³/mol. The molecule has 1 aliphatic rings. The molecule has 1 atom stereocenters.